The van der Waals surface area contributed by atoms with E-state index in [4.69, 9.17) is 5.73 Å². The van der Waals surface area contributed by atoms with Gasteiger partial charge in [-0.1, -0.05) is 38.3 Å². The highest BCUT2D eigenvalue weighted by Crippen LogP contribution is 2.36. The van der Waals surface area contributed by atoms with Crippen LogP contribution in [-0.2, 0) is 4.79 Å². The van der Waals surface area contributed by atoms with Crippen LogP contribution in [0, 0.1) is 5.41 Å². The minimum absolute atomic E-state index is 0.00871. The van der Waals surface area contributed by atoms with Crippen LogP contribution in [0.25, 0.3) is 10.2 Å². The number of nitrogens with zero attached hydrogens (tertiary/aromatic N) is 1. The molecule has 1 fully saturated rings. The van der Waals surface area contributed by atoms with Crippen molar-refractivity contribution in [3.8, 4) is 0 Å². The van der Waals surface area contributed by atoms with Gasteiger partial charge in [-0.05, 0) is 50.8 Å². The molecule has 1 aromatic heterocycles. The Bertz CT molecular complexity index is 763. The average Bonchev–Trinajstić information content (AvgIpc) is 3.11. The SMILES string of the molecule is CC1(C(=O)N[C@@H](CCCCN)C(=O)c2nc3ccccc3s2)CCCCC1. The second-order valence-electron chi connectivity index (χ2n) is 7.78. The Morgan fingerprint density at radius 3 is 2.67 bits per heavy atom. The summed E-state index contributed by atoms with van der Waals surface area (Å²) in [4.78, 5) is 30.6. The van der Waals surface area contributed by atoms with E-state index in [0.717, 1.165) is 48.7 Å². The standard InChI is InChI=1S/C21H29N3O2S/c1-21(12-6-2-7-13-21)20(26)24-16(10-5-8-14-22)18(25)19-23-15-9-3-4-11-17(15)27-19/h3-4,9,11,16H,2,5-8,10,12-14,22H2,1H3,(H,24,26)/t16-/m0/s1. The van der Waals surface area contributed by atoms with Gasteiger partial charge in [0.2, 0.25) is 11.7 Å². The molecule has 1 aliphatic carbocycles. The molecule has 1 saturated carbocycles. The third kappa shape index (κ3) is 4.74. The number of nitrogens with one attached hydrogen (secondary N) is 1. The lowest BCUT2D eigenvalue weighted by atomic mass is 9.75. The van der Waals surface area contributed by atoms with E-state index in [2.05, 4.69) is 10.3 Å². The highest BCUT2D eigenvalue weighted by molar-refractivity contribution is 7.20. The molecule has 0 spiro atoms. The minimum Gasteiger partial charge on any atom is -0.345 e. The summed E-state index contributed by atoms with van der Waals surface area (Å²) in [5.41, 5.74) is 6.08. The average molecular weight is 388 g/mol. The van der Waals surface area contributed by atoms with Gasteiger partial charge in [-0.2, -0.15) is 0 Å². The first-order valence-electron chi connectivity index (χ1n) is 9.94. The maximum absolute atomic E-state index is 13.1. The predicted octanol–water partition coefficient (Wildman–Crippen LogP) is 4.06. The summed E-state index contributed by atoms with van der Waals surface area (Å²) in [5, 5.41) is 3.54. The number of nitrogens with two attached hydrogens (primary N) is 1. The maximum Gasteiger partial charge on any atom is 0.226 e. The van der Waals surface area contributed by atoms with E-state index >= 15 is 0 Å². The highest BCUT2D eigenvalue weighted by atomic mass is 32.1. The fourth-order valence-corrected chi connectivity index (χ4v) is 4.74. The monoisotopic (exact) mass is 387 g/mol. The second-order valence-corrected chi connectivity index (χ2v) is 8.81. The van der Waals surface area contributed by atoms with E-state index in [-0.39, 0.29) is 17.1 Å². The van der Waals surface area contributed by atoms with Gasteiger partial charge in [0.1, 0.15) is 0 Å². The zero-order valence-corrected chi connectivity index (χ0v) is 16.8. The molecule has 2 aromatic rings. The molecule has 3 rings (SSSR count). The number of amides is 1. The molecule has 1 heterocycles. The molecular weight excluding hydrogens is 358 g/mol. The van der Waals surface area contributed by atoms with Crippen LogP contribution < -0.4 is 11.1 Å². The summed E-state index contributed by atoms with van der Waals surface area (Å²) in [5.74, 6) is -0.0737. The van der Waals surface area contributed by atoms with Gasteiger partial charge < -0.3 is 11.1 Å². The number of para-hydroxylation sites is 1. The van der Waals surface area contributed by atoms with Gasteiger partial charge in [-0.25, -0.2) is 4.98 Å². The van der Waals surface area contributed by atoms with Gasteiger partial charge in [-0.15, -0.1) is 11.3 Å². The van der Waals surface area contributed by atoms with Crippen molar-refractivity contribution >= 4 is 33.2 Å². The summed E-state index contributed by atoms with van der Waals surface area (Å²) < 4.78 is 0.993. The first kappa shape index (κ1) is 20.0. The van der Waals surface area contributed by atoms with E-state index in [0.29, 0.717) is 18.0 Å². The van der Waals surface area contributed by atoms with Crippen molar-refractivity contribution < 1.29 is 9.59 Å². The largest absolute Gasteiger partial charge is 0.345 e. The number of benzene rings is 1. The number of rotatable bonds is 8. The Hall–Kier alpha value is -1.79. The van der Waals surface area contributed by atoms with E-state index in [1.54, 1.807) is 0 Å². The Kier molecular flexibility index (Phi) is 6.60. The smallest absolute Gasteiger partial charge is 0.226 e. The molecule has 1 aromatic carbocycles. The summed E-state index contributed by atoms with van der Waals surface area (Å²) in [6, 6.07) is 7.21. The van der Waals surface area contributed by atoms with Gasteiger partial charge in [0, 0.05) is 5.41 Å². The van der Waals surface area contributed by atoms with Crippen LogP contribution >= 0.6 is 11.3 Å². The van der Waals surface area contributed by atoms with Crippen molar-refractivity contribution in [1.82, 2.24) is 10.3 Å². The molecule has 0 unspecified atom stereocenters. The number of fused-ring (bicyclic) bond motifs is 1. The summed E-state index contributed by atoms with van der Waals surface area (Å²) in [6.45, 7) is 2.62. The van der Waals surface area contributed by atoms with Gasteiger partial charge >= 0.3 is 0 Å². The first-order chi connectivity index (χ1) is 13.0. The predicted molar refractivity (Wildman–Crippen MR) is 110 cm³/mol. The lowest BCUT2D eigenvalue weighted by Crippen LogP contribution is -2.48. The Morgan fingerprint density at radius 1 is 1.22 bits per heavy atom. The fourth-order valence-electron chi connectivity index (χ4n) is 3.78. The number of carbonyl (C=O) groups is 2. The number of Topliss-reactive ketones (excluding diaryl/α,β-unsaturated/α-hetero) is 1. The van der Waals surface area contributed by atoms with Crippen LogP contribution in [0.4, 0.5) is 0 Å². The fraction of sp³-hybridized carbons (Fsp3) is 0.571. The number of hydrogen-bond donors (Lipinski definition) is 2. The van der Waals surface area contributed by atoms with Crippen LogP contribution in [0.2, 0.25) is 0 Å². The van der Waals surface area contributed by atoms with Crippen molar-refractivity contribution in [2.45, 2.75) is 64.3 Å². The van der Waals surface area contributed by atoms with Crippen molar-refractivity contribution in [3.63, 3.8) is 0 Å². The molecule has 5 nitrogen and oxygen atoms in total. The lowest BCUT2D eigenvalue weighted by Gasteiger charge is -2.33. The van der Waals surface area contributed by atoms with E-state index in [1.165, 1.54) is 17.8 Å². The second kappa shape index (κ2) is 8.93. The van der Waals surface area contributed by atoms with Gasteiger partial charge in [-0.3, -0.25) is 9.59 Å². The molecule has 27 heavy (non-hydrogen) atoms. The van der Waals surface area contributed by atoms with Crippen LogP contribution in [0.1, 0.15) is 68.1 Å². The normalized spacial score (nSPS) is 17.6. The molecule has 6 heteroatoms. The number of hydrogen-bond acceptors (Lipinski definition) is 5. The van der Waals surface area contributed by atoms with Gasteiger partial charge in [0.05, 0.1) is 16.3 Å². The zero-order valence-electron chi connectivity index (χ0n) is 16.0. The topological polar surface area (TPSA) is 85.1 Å². The van der Waals surface area contributed by atoms with Crippen LogP contribution in [-0.4, -0.2) is 29.3 Å². The molecular formula is C21H29N3O2S. The molecule has 1 atom stereocenters. The molecule has 0 saturated heterocycles. The third-order valence-electron chi connectivity index (χ3n) is 5.58. The van der Waals surface area contributed by atoms with Gasteiger partial charge in [0.25, 0.3) is 0 Å². The summed E-state index contributed by atoms with van der Waals surface area (Å²) in [7, 11) is 0. The zero-order chi connectivity index (χ0) is 19.3. The van der Waals surface area contributed by atoms with E-state index in [1.807, 2.05) is 31.2 Å². The molecule has 1 aliphatic rings. The highest BCUT2D eigenvalue weighted by Gasteiger charge is 2.37. The number of thiazole rings is 1. The maximum atomic E-state index is 13.1. The molecule has 3 N–H and O–H groups in total. The number of ketones is 1. The molecule has 0 radical (unpaired) electrons. The van der Waals surface area contributed by atoms with Crippen molar-refractivity contribution in [2.24, 2.45) is 11.1 Å². The van der Waals surface area contributed by atoms with E-state index in [9.17, 15) is 9.59 Å². The van der Waals surface area contributed by atoms with Crippen molar-refractivity contribution in [1.29, 1.82) is 0 Å². The molecule has 0 bridgehead atoms. The molecule has 1 amide bonds. The Labute approximate surface area is 164 Å². The third-order valence-corrected chi connectivity index (χ3v) is 6.63. The van der Waals surface area contributed by atoms with Crippen LogP contribution in [0.5, 0.6) is 0 Å². The number of carbonyl (C=O) groups excluding carboxylic acids is 2. The number of unbranched alkanes of at least 4 members (excludes halogenated alkanes) is 1. The van der Waals surface area contributed by atoms with Gasteiger partial charge in [0.15, 0.2) is 5.01 Å². The van der Waals surface area contributed by atoms with Crippen LogP contribution in [0.3, 0.4) is 0 Å². The minimum atomic E-state index is -0.525. The summed E-state index contributed by atoms with van der Waals surface area (Å²) in [6.07, 6.45) is 7.39. The summed E-state index contributed by atoms with van der Waals surface area (Å²) >= 11 is 1.40. The quantitative estimate of drug-likeness (QED) is 0.528. The Balaban J connectivity index is 1.77. The lowest BCUT2D eigenvalue weighted by molar-refractivity contribution is -0.132. The van der Waals surface area contributed by atoms with Crippen molar-refractivity contribution in [2.75, 3.05) is 6.54 Å². The van der Waals surface area contributed by atoms with E-state index < -0.39 is 6.04 Å². The van der Waals surface area contributed by atoms with Crippen molar-refractivity contribution in [3.05, 3.63) is 29.3 Å². The molecule has 146 valence electrons. The first-order valence-corrected chi connectivity index (χ1v) is 10.8. The Morgan fingerprint density at radius 2 is 1.96 bits per heavy atom. The molecule has 0 aliphatic heterocycles. The number of aromatic nitrogens is 1. The van der Waals surface area contributed by atoms with Crippen LogP contribution in [0.15, 0.2) is 24.3 Å².